The van der Waals surface area contributed by atoms with Gasteiger partial charge in [-0.05, 0) is 38.8 Å². The molecule has 0 fully saturated rings. The lowest BCUT2D eigenvalue weighted by atomic mass is 10.2. The Balaban J connectivity index is 2.55. The third-order valence-corrected chi connectivity index (χ3v) is 3.46. The fourth-order valence-electron chi connectivity index (χ4n) is 2.17. The van der Waals surface area contributed by atoms with E-state index in [0.717, 1.165) is 62.2 Å². The van der Waals surface area contributed by atoms with E-state index < -0.39 is 0 Å². The van der Waals surface area contributed by atoms with E-state index in [1.54, 1.807) is 14.2 Å². The average Bonchev–Trinajstić information content (AvgIpc) is 2.62. The first-order chi connectivity index (χ1) is 11.7. The maximum absolute atomic E-state index is 5.41. The van der Waals surface area contributed by atoms with Crippen molar-refractivity contribution in [3.05, 3.63) is 23.8 Å². The number of unbranched alkanes of at least 4 members (excludes halogenated alkanes) is 1. The van der Waals surface area contributed by atoms with Crippen molar-refractivity contribution in [1.29, 1.82) is 0 Å². The monoisotopic (exact) mass is 337 g/mol. The lowest BCUT2D eigenvalue weighted by Gasteiger charge is -2.12. The van der Waals surface area contributed by atoms with Crippen LogP contribution in [0.2, 0.25) is 0 Å². The normalized spacial score (nSPS) is 11.2. The summed E-state index contributed by atoms with van der Waals surface area (Å²) >= 11 is 0. The molecule has 0 saturated heterocycles. The molecule has 6 nitrogen and oxygen atoms in total. The first kappa shape index (κ1) is 20.1. The van der Waals surface area contributed by atoms with Crippen LogP contribution in [-0.4, -0.2) is 46.5 Å². The van der Waals surface area contributed by atoms with Crippen LogP contribution in [0.5, 0.6) is 11.5 Å². The molecular weight excluding hydrogens is 306 g/mol. The summed E-state index contributed by atoms with van der Waals surface area (Å²) in [7, 11) is 3.30. The molecule has 0 spiro atoms. The number of aliphatic imine (C=N–C) groups is 1. The summed E-state index contributed by atoms with van der Waals surface area (Å²) < 4.78 is 16.0. The van der Waals surface area contributed by atoms with Crippen molar-refractivity contribution in [3.8, 4) is 11.5 Å². The smallest absolute Gasteiger partial charge is 0.191 e. The highest BCUT2D eigenvalue weighted by Crippen LogP contribution is 2.25. The van der Waals surface area contributed by atoms with Crippen LogP contribution in [0.3, 0.4) is 0 Å². The van der Waals surface area contributed by atoms with Gasteiger partial charge < -0.3 is 24.8 Å². The summed E-state index contributed by atoms with van der Waals surface area (Å²) in [5.41, 5.74) is 1.02. The number of benzene rings is 1. The van der Waals surface area contributed by atoms with Crippen LogP contribution in [0.25, 0.3) is 0 Å². The molecule has 0 aliphatic rings. The number of rotatable bonds is 11. The molecule has 0 heterocycles. The van der Waals surface area contributed by atoms with E-state index in [-0.39, 0.29) is 0 Å². The quantitative estimate of drug-likeness (QED) is 0.369. The van der Waals surface area contributed by atoms with E-state index in [4.69, 9.17) is 14.2 Å². The SMILES string of the molecule is CCNC(=NCc1ccc(OC)cc1OC)NCCCCOCC. The molecule has 1 rings (SSSR count). The predicted octanol–water partition coefficient (Wildman–Crippen LogP) is 2.58. The number of methoxy groups -OCH3 is 2. The van der Waals surface area contributed by atoms with Crippen LogP contribution >= 0.6 is 0 Å². The Kier molecular flexibility index (Phi) is 10.4. The molecule has 0 aliphatic carbocycles. The standard InChI is InChI=1S/C18H31N3O3/c1-5-19-18(20-11-7-8-12-24-6-2)21-14-15-9-10-16(22-3)13-17(15)23-4/h9-10,13H,5-8,11-12,14H2,1-4H3,(H2,19,20,21). The molecule has 0 amide bonds. The highest BCUT2D eigenvalue weighted by molar-refractivity contribution is 5.79. The highest BCUT2D eigenvalue weighted by Gasteiger charge is 2.05. The average molecular weight is 337 g/mol. The first-order valence-electron chi connectivity index (χ1n) is 8.55. The van der Waals surface area contributed by atoms with Crippen LogP contribution in [0.4, 0.5) is 0 Å². The Bertz CT molecular complexity index is 492. The molecule has 24 heavy (non-hydrogen) atoms. The second kappa shape index (κ2) is 12.5. The van der Waals surface area contributed by atoms with Crippen molar-refractivity contribution in [2.45, 2.75) is 33.2 Å². The van der Waals surface area contributed by atoms with Crippen LogP contribution in [-0.2, 0) is 11.3 Å². The van der Waals surface area contributed by atoms with Crippen molar-refractivity contribution in [2.24, 2.45) is 4.99 Å². The zero-order valence-corrected chi connectivity index (χ0v) is 15.4. The Morgan fingerprint density at radius 2 is 1.92 bits per heavy atom. The molecule has 2 N–H and O–H groups in total. The molecule has 136 valence electrons. The fourth-order valence-corrected chi connectivity index (χ4v) is 2.17. The largest absolute Gasteiger partial charge is 0.497 e. The molecule has 1 aromatic carbocycles. The molecule has 1 aromatic rings. The Morgan fingerprint density at radius 3 is 2.58 bits per heavy atom. The topological polar surface area (TPSA) is 64.1 Å². The van der Waals surface area contributed by atoms with Crippen LogP contribution in [0.15, 0.2) is 23.2 Å². The van der Waals surface area contributed by atoms with Gasteiger partial charge in [0.1, 0.15) is 11.5 Å². The molecule has 0 saturated carbocycles. The van der Waals surface area contributed by atoms with Gasteiger partial charge in [0, 0.05) is 37.9 Å². The van der Waals surface area contributed by atoms with E-state index in [1.165, 1.54) is 0 Å². The lowest BCUT2D eigenvalue weighted by Crippen LogP contribution is -2.37. The zero-order valence-electron chi connectivity index (χ0n) is 15.4. The molecular formula is C18H31N3O3. The molecule has 0 bridgehead atoms. The molecule has 0 aromatic heterocycles. The first-order valence-corrected chi connectivity index (χ1v) is 8.55. The molecule has 6 heteroatoms. The van der Waals surface area contributed by atoms with E-state index >= 15 is 0 Å². The van der Waals surface area contributed by atoms with Crippen LogP contribution in [0.1, 0.15) is 32.3 Å². The lowest BCUT2D eigenvalue weighted by molar-refractivity contribution is 0.143. The summed E-state index contributed by atoms with van der Waals surface area (Å²) in [5.74, 6) is 2.37. The Hall–Kier alpha value is -1.95. The number of hydrogen-bond acceptors (Lipinski definition) is 4. The van der Waals surface area contributed by atoms with Gasteiger partial charge in [0.25, 0.3) is 0 Å². The summed E-state index contributed by atoms with van der Waals surface area (Å²) in [6.45, 7) is 7.91. The number of nitrogens with zero attached hydrogens (tertiary/aromatic N) is 1. The summed E-state index contributed by atoms with van der Waals surface area (Å²) in [6.07, 6.45) is 2.10. The molecule has 0 radical (unpaired) electrons. The van der Waals surface area contributed by atoms with Crippen LogP contribution in [0, 0.1) is 0 Å². The van der Waals surface area contributed by atoms with Gasteiger partial charge in [-0.1, -0.05) is 0 Å². The number of hydrogen-bond donors (Lipinski definition) is 2. The second-order valence-electron chi connectivity index (χ2n) is 5.20. The van der Waals surface area contributed by atoms with E-state index in [1.807, 2.05) is 25.1 Å². The van der Waals surface area contributed by atoms with Gasteiger partial charge in [-0.15, -0.1) is 0 Å². The predicted molar refractivity (Wildman–Crippen MR) is 98.1 cm³/mol. The Morgan fingerprint density at radius 1 is 1.08 bits per heavy atom. The second-order valence-corrected chi connectivity index (χ2v) is 5.20. The van der Waals surface area contributed by atoms with Crippen molar-refractivity contribution < 1.29 is 14.2 Å². The van der Waals surface area contributed by atoms with Crippen LogP contribution < -0.4 is 20.1 Å². The minimum atomic E-state index is 0.543. The van der Waals surface area contributed by atoms with Gasteiger partial charge >= 0.3 is 0 Å². The minimum absolute atomic E-state index is 0.543. The van der Waals surface area contributed by atoms with Gasteiger partial charge in [-0.25, -0.2) is 4.99 Å². The third kappa shape index (κ3) is 7.55. The Labute approximate surface area is 145 Å². The van der Waals surface area contributed by atoms with Crippen molar-refractivity contribution in [2.75, 3.05) is 40.5 Å². The van der Waals surface area contributed by atoms with E-state index in [9.17, 15) is 0 Å². The zero-order chi connectivity index (χ0) is 17.6. The number of nitrogens with one attached hydrogen (secondary N) is 2. The van der Waals surface area contributed by atoms with Gasteiger partial charge in [0.2, 0.25) is 0 Å². The number of ether oxygens (including phenoxy) is 3. The van der Waals surface area contributed by atoms with Gasteiger partial charge in [0.05, 0.1) is 20.8 Å². The maximum atomic E-state index is 5.41. The summed E-state index contributed by atoms with van der Waals surface area (Å²) in [4.78, 5) is 4.62. The van der Waals surface area contributed by atoms with Gasteiger partial charge in [-0.2, -0.15) is 0 Å². The highest BCUT2D eigenvalue weighted by atomic mass is 16.5. The van der Waals surface area contributed by atoms with Crippen molar-refractivity contribution >= 4 is 5.96 Å². The van der Waals surface area contributed by atoms with Crippen molar-refractivity contribution in [1.82, 2.24) is 10.6 Å². The molecule has 0 unspecified atom stereocenters. The van der Waals surface area contributed by atoms with Gasteiger partial charge in [-0.3, -0.25) is 0 Å². The molecule has 0 atom stereocenters. The third-order valence-electron chi connectivity index (χ3n) is 3.46. The molecule has 0 aliphatic heterocycles. The van der Waals surface area contributed by atoms with E-state index in [0.29, 0.717) is 6.54 Å². The van der Waals surface area contributed by atoms with Gasteiger partial charge in [0.15, 0.2) is 5.96 Å². The maximum Gasteiger partial charge on any atom is 0.191 e. The summed E-state index contributed by atoms with van der Waals surface area (Å²) in [6, 6.07) is 5.77. The minimum Gasteiger partial charge on any atom is -0.497 e. The summed E-state index contributed by atoms with van der Waals surface area (Å²) in [5, 5.41) is 6.60. The number of guanidine groups is 1. The van der Waals surface area contributed by atoms with E-state index in [2.05, 4.69) is 22.5 Å². The fraction of sp³-hybridized carbons (Fsp3) is 0.611. The van der Waals surface area contributed by atoms with Crippen molar-refractivity contribution in [3.63, 3.8) is 0 Å².